The van der Waals surface area contributed by atoms with E-state index in [1.165, 1.54) is 0 Å². The van der Waals surface area contributed by atoms with E-state index in [1.54, 1.807) is 11.8 Å². The minimum atomic E-state index is -4.28. The Labute approximate surface area is 158 Å². The summed E-state index contributed by atoms with van der Waals surface area (Å²) in [5.41, 5.74) is 0. The second-order valence-corrected chi connectivity index (χ2v) is 7.40. The number of alkyl halides is 3. The molecule has 1 heterocycles. The number of rotatable bonds is 8. The summed E-state index contributed by atoms with van der Waals surface area (Å²) < 4.78 is 40.6. The number of hydrogen-bond acceptors (Lipinski definition) is 4. The van der Waals surface area contributed by atoms with Crippen LogP contribution in [-0.4, -0.2) is 79.8 Å². The fraction of sp³-hybridized carbons (Fsp3) is 0.889. The second kappa shape index (κ2) is 10.3. The molecule has 0 bridgehead atoms. The van der Waals surface area contributed by atoms with Crippen molar-refractivity contribution in [3.8, 4) is 0 Å². The zero-order valence-corrected chi connectivity index (χ0v) is 15.9. The topological polar surface area (TPSA) is 61.9 Å². The molecule has 1 aliphatic carbocycles. The molecule has 1 saturated carbocycles. The lowest BCUT2D eigenvalue weighted by atomic mass is 10.1. The fourth-order valence-electron chi connectivity index (χ4n) is 3.62. The molecule has 1 atom stereocenters. The fourth-order valence-corrected chi connectivity index (χ4v) is 3.62. The molecular formula is C18H30F3N3O3. The van der Waals surface area contributed by atoms with Crippen LogP contribution in [0.1, 0.15) is 39.0 Å². The first-order chi connectivity index (χ1) is 12.8. The Morgan fingerprint density at radius 3 is 2.37 bits per heavy atom. The molecule has 1 aliphatic heterocycles. The van der Waals surface area contributed by atoms with Crippen LogP contribution in [0.4, 0.5) is 13.2 Å². The van der Waals surface area contributed by atoms with Crippen LogP contribution in [-0.2, 0) is 14.3 Å². The summed E-state index contributed by atoms with van der Waals surface area (Å²) in [7, 11) is 0. The zero-order chi connectivity index (χ0) is 19.9. The van der Waals surface area contributed by atoms with Crippen molar-refractivity contribution < 1.29 is 27.5 Å². The molecule has 0 aromatic carbocycles. The van der Waals surface area contributed by atoms with Crippen LogP contribution in [0.15, 0.2) is 0 Å². The maximum absolute atomic E-state index is 12.5. The van der Waals surface area contributed by atoms with Crippen LogP contribution < -0.4 is 5.32 Å². The minimum absolute atomic E-state index is 0.0224. The van der Waals surface area contributed by atoms with E-state index in [0.29, 0.717) is 39.1 Å². The first-order valence-corrected chi connectivity index (χ1v) is 9.72. The zero-order valence-electron chi connectivity index (χ0n) is 15.9. The average Bonchev–Trinajstić information content (AvgIpc) is 3.15. The number of amides is 2. The predicted molar refractivity (Wildman–Crippen MR) is 94.1 cm³/mol. The summed E-state index contributed by atoms with van der Waals surface area (Å²) in [6.07, 6.45) is 0.192. The third-order valence-corrected chi connectivity index (χ3v) is 5.17. The quantitative estimate of drug-likeness (QED) is 0.639. The van der Waals surface area contributed by atoms with Crippen molar-refractivity contribution >= 4 is 11.8 Å². The second-order valence-electron chi connectivity index (χ2n) is 7.40. The van der Waals surface area contributed by atoms with Gasteiger partial charge in [-0.05, 0) is 26.2 Å². The van der Waals surface area contributed by atoms with Gasteiger partial charge in [0.25, 0.3) is 0 Å². The van der Waals surface area contributed by atoms with Gasteiger partial charge < -0.3 is 15.0 Å². The van der Waals surface area contributed by atoms with Crippen LogP contribution in [0.25, 0.3) is 0 Å². The summed E-state index contributed by atoms with van der Waals surface area (Å²) in [6, 6.07) is -0.527. The highest BCUT2D eigenvalue weighted by atomic mass is 19.4. The third-order valence-electron chi connectivity index (χ3n) is 5.17. The van der Waals surface area contributed by atoms with Gasteiger partial charge in [0.15, 0.2) is 0 Å². The van der Waals surface area contributed by atoms with Crippen molar-refractivity contribution in [2.45, 2.75) is 51.2 Å². The normalized spacial score (nSPS) is 20.7. The molecule has 0 aromatic rings. The van der Waals surface area contributed by atoms with Gasteiger partial charge in [0, 0.05) is 45.2 Å². The molecule has 6 nitrogen and oxygen atoms in total. The number of nitrogens with zero attached hydrogens (tertiary/aromatic N) is 2. The van der Waals surface area contributed by atoms with Gasteiger partial charge in [-0.3, -0.25) is 14.5 Å². The van der Waals surface area contributed by atoms with Gasteiger partial charge in [0.2, 0.25) is 11.8 Å². The van der Waals surface area contributed by atoms with Gasteiger partial charge in [-0.15, -0.1) is 0 Å². The van der Waals surface area contributed by atoms with Gasteiger partial charge in [0.1, 0.15) is 12.6 Å². The van der Waals surface area contributed by atoms with Gasteiger partial charge in [-0.25, -0.2) is 0 Å². The smallest absolute Gasteiger partial charge is 0.372 e. The molecule has 9 heteroatoms. The van der Waals surface area contributed by atoms with Gasteiger partial charge in [0.05, 0.1) is 0 Å². The number of piperazine rings is 1. The molecule has 0 spiro atoms. The molecule has 2 amide bonds. The van der Waals surface area contributed by atoms with Gasteiger partial charge in [-0.2, -0.15) is 13.2 Å². The van der Waals surface area contributed by atoms with Crippen molar-refractivity contribution in [3.05, 3.63) is 0 Å². The average molecular weight is 393 g/mol. The Morgan fingerprint density at radius 2 is 1.78 bits per heavy atom. The Morgan fingerprint density at radius 1 is 1.15 bits per heavy atom. The summed E-state index contributed by atoms with van der Waals surface area (Å²) in [4.78, 5) is 28.5. The van der Waals surface area contributed by atoms with Gasteiger partial charge >= 0.3 is 6.18 Å². The Hall–Kier alpha value is -1.35. The lowest BCUT2D eigenvalue weighted by molar-refractivity contribution is -0.174. The van der Waals surface area contributed by atoms with Crippen LogP contribution >= 0.6 is 0 Å². The van der Waals surface area contributed by atoms with E-state index >= 15 is 0 Å². The van der Waals surface area contributed by atoms with Crippen LogP contribution in [0, 0.1) is 5.92 Å². The molecule has 2 rings (SSSR count). The number of carbonyl (C=O) groups excluding carboxylic acids is 2. The summed E-state index contributed by atoms with van der Waals surface area (Å²) in [5.74, 6) is -0.0583. The Kier molecular flexibility index (Phi) is 8.34. The highest BCUT2D eigenvalue weighted by Gasteiger charge is 2.29. The lowest BCUT2D eigenvalue weighted by Gasteiger charge is -2.36. The standard InChI is InChI=1S/C18H30F3N3O3/c1-14(22-16(25)15-5-2-3-6-15)17(26)24-10-8-23(9-11-24)7-4-12-27-13-18(19,20)21/h14-15H,2-13H2,1H3,(H,22,25). The highest BCUT2D eigenvalue weighted by Crippen LogP contribution is 2.24. The molecule has 2 aliphatic rings. The predicted octanol–water partition coefficient (Wildman–Crippen LogP) is 1.79. The molecule has 1 saturated heterocycles. The van der Waals surface area contributed by atoms with E-state index < -0.39 is 18.8 Å². The van der Waals surface area contributed by atoms with Crippen molar-refractivity contribution in [2.24, 2.45) is 5.92 Å². The highest BCUT2D eigenvalue weighted by molar-refractivity contribution is 5.88. The summed E-state index contributed by atoms with van der Waals surface area (Å²) in [6.45, 7) is 3.70. The maximum atomic E-state index is 12.5. The molecule has 2 fully saturated rings. The van der Waals surface area contributed by atoms with E-state index in [2.05, 4.69) is 15.0 Å². The van der Waals surface area contributed by atoms with Crippen LogP contribution in [0.2, 0.25) is 0 Å². The number of hydrogen-bond donors (Lipinski definition) is 1. The molecule has 156 valence electrons. The molecule has 0 radical (unpaired) electrons. The molecule has 0 aromatic heterocycles. The van der Waals surface area contributed by atoms with E-state index in [0.717, 1.165) is 25.7 Å². The van der Waals surface area contributed by atoms with Crippen molar-refractivity contribution in [3.63, 3.8) is 0 Å². The molecule has 1 unspecified atom stereocenters. The van der Waals surface area contributed by atoms with E-state index in [9.17, 15) is 22.8 Å². The van der Waals surface area contributed by atoms with E-state index in [-0.39, 0.29) is 24.3 Å². The number of nitrogens with one attached hydrogen (secondary N) is 1. The van der Waals surface area contributed by atoms with Gasteiger partial charge in [-0.1, -0.05) is 12.8 Å². The maximum Gasteiger partial charge on any atom is 0.411 e. The number of halogens is 3. The molecule has 27 heavy (non-hydrogen) atoms. The summed E-state index contributed by atoms with van der Waals surface area (Å²) >= 11 is 0. The monoisotopic (exact) mass is 393 g/mol. The van der Waals surface area contributed by atoms with E-state index in [4.69, 9.17) is 0 Å². The van der Waals surface area contributed by atoms with E-state index in [1.807, 2.05) is 0 Å². The van der Waals surface area contributed by atoms with Crippen LogP contribution in [0.3, 0.4) is 0 Å². The summed E-state index contributed by atoms with van der Waals surface area (Å²) in [5, 5.41) is 2.84. The lowest BCUT2D eigenvalue weighted by Crippen LogP contribution is -2.54. The third kappa shape index (κ3) is 7.65. The van der Waals surface area contributed by atoms with Crippen molar-refractivity contribution in [1.29, 1.82) is 0 Å². The molecular weight excluding hydrogens is 363 g/mol. The first-order valence-electron chi connectivity index (χ1n) is 9.72. The van der Waals surface area contributed by atoms with Crippen LogP contribution in [0.5, 0.6) is 0 Å². The number of carbonyl (C=O) groups is 2. The SMILES string of the molecule is CC(NC(=O)C1CCCC1)C(=O)N1CCN(CCCOCC(F)(F)F)CC1. The van der Waals surface area contributed by atoms with Crippen molar-refractivity contribution in [2.75, 3.05) is 45.9 Å². The molecule has 1 N–H and O–H groups in total. The number of ether oxygens (including phenoxy) is 1. The Balaban J connectivity index is 1.61. The Bertz CT molecular complexity index is 488. The minimum Gasteiger partial charge on any atom is -0.372 e. The first kappa shape index (κ1) is 21.9. The largest absolute Gasteiger partial charge is 0.411 e. The van der Waals surface area contributed by atoms with Crippen molar-refractivity contribution in [1.82, 2.24) is 15.1 Å².